The van der Waals surface area contributed by atoms with E-state index in [0.29, 0.717) is 5.56 Å². The molecule has 0 saturated heterocycles. The molecular formula is C29H24F3N3O. The monoisotopic (exact) mass is 487 g/mol. The third kappa shape index (κ3) is 5.18. The molecule has 7 heteroatoms. The molecule has 0 aliphatic heterocycles. The van der Waals surface area contributed by atoms with Crippen LogP contribution in [-0.2, 0) is 12.7 Å². The second-order valence-corrected chi connectivity index (χ2v) is 8.82. The number of nitrogens with zero attached hydrogens (tertiary/aromatic N) is 2. The number of anilines is 2. The average molecular weight is 488 g/mol. The van der Waals surface area contributed by atoms with Crippen LogP contribution in [0.2, 0.25) is 0 Å². The predicted octanol–water partition coefficient (Wildman–Crippen LogP) is 7.12. The highest BCUT2D eigenvalue weighted by molar-refractivity contribution is 5.68. The molecule has 4 nitrogen and oxygen atoms in total. The summed E-state index contributed by atoms with van der Waals surface area (Å²) in [4.78, 5) is 13.2. The quantitative estimate of drug-likeness (QED) is 0.326. The zero-order valence-corrected chi connectivity index (χ0v) is 20.1. The first kappa shape index (κ1) is 24.8. The fourth-order valence-corrected chi connectivity index (χ4v) is 4.10. The lowest BCUT2D eigenvalue weighted by molar-refractivity contribution is -0.137. The number of halogens is 3. The van der Waals surface area contributed by atoms with Crippen LogP contribution >= 0.6 is 0 Å². The van der Waals surface area contributed by atoms with Gasteiger partial charge in [-0.05, 0) is 67.8 Å². The molecule has 0 fully saturated rings. The maximum absolute atomic E-state index is 13.8. The van der Waals surface area contributed by atoms with Crippen molar-refractivity contribution in [1.82, 2.24) is 4.57 Å². The Hall–Kier alpha value is -4.31. The summed E-state index contributed by atoms with van der Waals surface area (Å²) < 4.78 is 42.7. The van der Waals surface area contributed by atoms with E-state index in [4.69, 9.17) is 0 Å². The van der Waals surface area contributed by atoms with Crippen molar-refractivity contribution in [2.75, 3.05) is 5.32 Å². The van der Waals surface area contributed by atoms with E-state index in [0.717, 1.165) is 39.7 Å². The third-order valence-corrected chi connectivity index (χ3v) is 6.06. The van der Waals surface area contributed by atoms with Gasteiger partial charge in [0.1, 0.15) is 11.6 Å². The first-order valence-corrected chi connectivity index (χ1v) is 11.3. The van der Waals surface area contributed by atoms with Crippen molar-refractivity contribution >= 4 is 11.4 Å². The minimum atomic E-state index is -4.84. The highest BCUT2D eigenvalue weighted by Gasteiger charge is 2.36. The van der Waals surface area contributed by atoms with E-state index in [2.05, 4.69) is 5.32 Å². The third-order valence-electron chi connectivity index (χ3n) is 6.06. The molecule has 0 aliphatic rings. The number of pyridine rings is 1. The van der Waals surface area contributed by atoms with Crippen molar-refractivity contribution in [3.63, 3.8) is 0 Å². The molecule has 4 aromatic rings. The molecule has 4 rings (SSSR count). The summed E-state index contributed by atoms with van der Waals surface area (Å²) in [6, 6.07) is 22.7. The van der Waals surface area contributed by atoms with Gasteiger partial charge >= 0.3 is 6.18 Å². The molecule has 0 bridgehead atoms. The lowest BCUT2D eigenvalue weighted by Crippen LogP contribution is -2.29. The van der Waals surface area contributed by atoms with Gasteiger partial charge in [-0.25, -0.2) is 0 Å². The van der Waals surface area contributed by atoms with Gasteiger partial charge in [0.05, 0.1) is 17.8 Å². The van der Waals surface area contributed by atoms with Crippen molar-refractivity contribution in [1.29, 1.82) is 5.26 Å². The summed E-state index contributed by atoms with van der Waals surface area (Å²) >= 11 is 0. The zero-order valence-electron chi connectivity index (χ0n) is 20.1. The SMILES string of the molecule is Cc1ccc(Nc2ccc(-c3cc(C(F)(F)F)c(C#N)c(=O)n3Cc3ccc(C)cc3C)cc2)cc1. The Labute approximate surface area is 207 Å². The number of nitrogens with one attached hydrogen (secondary N) is 1. The van der Waals surface area contributed by atoms with Crippen LogP contribution in [0.1, 0.15) is 33.4 Å². The number of benzene rings is 3. The number of alkyl halides is 3. The van der Waals surface area contributed by atoms with E-state index < -0.39 is 22.9 Å². The van der Waals surface area contributed by atoms with Gasteiger partial charge in [0.2, 0.25) is 0 Å². The van der Waals surface area contributed by atoms with Gasteiger partial charge in [0.25, 0.3) is 5.56 Å². The molecule has 0 saturated carbocycles. The maximum Gasteiger partial charge on any atom is 0.417 e. The summed E-state index contributed by atoms with van der Waals surface area (Å²) in [7, 11) is 0. The van der Waals surface area contributed by atoms with E-state index in [1.165, 1.54) is 10.6 Å². The van der Waals surface area contributed by atoms with Crippen LogP contribution in [0.25, 0.3) is 11.3 Å². The Morgan fingerprint density at radius 1 is 0.861 bits per heavy atom. The Kier molecular flexibility index (Phi) is 6.71. The summed E-state index contributed by atoms with van der Waals surface area (Å²) in [6.07, 6.45) is -4.84. The molecule has 0 spiro atoms. The fraction of sp³-hybridized carbons (Fsp3) is 0.172. The molecule has 1 aromatic heterocycles. The first-order chi connectivity index (χ1) is 17.1. The number of hydrogen-bond donors (Lipinski definition) is 1. The number of nitriles is 1. The summed E-state index contributed by atoms with van der Waals surface area (Å²) in [5, 5.41) is 12.7. The second kappa shape index (κ2) is 9.74. The zero-order chi connectivity index (χ0) is 26.0. The molecule has 3 aromatic carbocycles. The van der Waals surface area contributed by atoms with Crippen molar-refractivity contribution in [2.45, 2.75) is 33.5 Å². The Balaban J connectivity index is 1.82. The standard InChI is InChI=1S/C29H24F3N3O/c1-18-5-10-23(11-6-18)34-24-12-8-21(9-13-24)27-15-26(29(30,31)32)25(16-33)28(36)35(27)17-22-7-4-19(2)14-20(22)3/h4-15,34H,17H2,1-3H3. The van der Waals surface area contributed by atoms with Crippen molar-refractivity contribution in [2.24, 2.45) is 0 Å². The Morgan fingerprint density at radius 2 is 1.44 bits per heavy atom. The number of rotatable bonds is 5. The molecule has 1 N–H and O–H groups in total. The topological polar surface area (TPSA) is 57.8 Å². The molecule has 1 heterocycles. The predicted molar refractivity (Wildman–Crippen MR) is 135 cm³/mol. The molecule has 36 heavy (non-hydrogen) atoms. The van der Waals surface area contributed by atoms with Gasteiger partial charge < -0.3 is 9.88 Å². The van der Waals surface area contributed by atoms with Crippen molar-refractivity contribution in [3.8, 4) is 17.3 Å². The number of aryl methyl sites for hydroxylation is 3. The van der Waals surface area contributed by atoms with E-state index in [-0.39, 0.29) is 12.2 Å². The van der Waals surface area contributed by atoms with Gasteiger partial charge in [0.15, 0.2) is 0 Å². The average Bonchev–Trinajstić information content (AvgIpc) is 2.83. The van der Waals surface area contributed by atoms with E-state index in [9.17, 15) is 23.2 Å². The number of hydrogen-bond acceptors (Lipinski definition) is 3. The van der Waals surface area contributed by atoms with Crippen LogP contribution in [0.15, 0.2) is 77.6 Å². The van der Waals surface area contributed by atoms with Crippen molar-refractivity contribution in [3.05, 3.63) is 117 Å². The molecule has 182 valence electrons. The van der Waals surface area contributed by atoms with Crippen LogP contribution in [-0.4, -0.2) is 4.57 Å². The normalized spacial score (nSPS) is 11.2. The molecule has 0 aliphatic carbocycles. The van der Waals surface area contributed by atoms with Crippen LogP contribution < -0.4 is 10.9 Å². The fourth-order valence-electron chi connectivity index (χ4n) is 4.10. The summed E-state index contributed by atoms with van der Waals surface area (Å²) in [6.45, 7) is 5.85. The van der Waals surface area contributed by atoms with Crippen LogP contribution in [0.5, 0.6) is 0 Å². The molecule has 0 atom stereocenters. The lowest BCUT2D eigenvalue weighted by atomic mass is 10.0. The largest absolute Gasteiger partial charge is 0.417 e. The minimum absolute atomic E-state index is 0.0382. The smallest absolute Gasteiger partial charge is 0.356 e. The van der Waals surface area contributed by atoms with Gasteiger partial charge in [-0.15, -0.1) is 0 Å². The molecule has 0 radical (unpaired) electrons. The number of aromatic nitrogens is 1. The summed E-state index contributed by atoms with van der Waals surface area (Å²) in [5.74, 6) is 0. The Morgan fingerprint density at radius 3 is 2.00 bits per heavy atom. The van der Waals surface area contributed by atoms with Gasteiger partial charge in [0, 0.05) is 11.4 Å². The molecular weight excluding hydrogens is 463 g/mol. The molecule has 0 unspecified atom stereocenters. The van der Waals surface area contributed by atoms with Crippen LogP contribution in [0.4, 0.5) is 24.5 Å². The highest BCUT2D eigenvalue weighted by atomic mass is 19.4. The van der Waals surface area contributed by atoms with Gasteiger partial charge in [-0.2, -0.15) is 18.4 Å². The molecule has 0 amide bonds. The van der Waals surface area contributed by atoms with E-state index in [1.807, 2.05) is 63.2 Å². The van der Waals surface area contributed by atoms with E-state index >= 15 is 0 Å². The maximum atomic E-state index is 13.8. The lowest BCUT2D eigenvalue weighted by Gasteiger charge is -2.19. The van der Waals surface area contributed by atoms with Gasteiger partial charge in [-0.1, -0.05) is 53.6 Å². The minimum Gasteiger partial charge on any atom is -0.356 e. The van der Waals surface area contributed by atoms with Crippen LogP contribution in [0, 0.1) is 32.1 Å². The second-order valence-electron chi connectivity index (χ2n) is 8.82. The Bertz CT molecular complexity index is 1510. The van der Waals surface area contributed by atoms with E-state index in [1.54, 1.807) is 24.3 Å². The van der Waals surface area contributed by atoms with Crippen LogP contribution in [0.3, 0.4) is 0 Å². The van der Waals surface area contributed by atoms with Gasteiger partial charge in [-0.3, -0.25) is 4.79 Å². The van der Waals surface area contributed by atoms with Crippen molar-refractivity contribution < 1.29 is 13.2 Å². The highest BCUT2D eigenvalue weighted by Crippen LogP contribution is 2.34. The first-order valence-electron chi connectivity index (χ1n) is 11.3. The summed E-state index contributed by atoms with van der Waals surface area (Å²) in [5.41, 5.74) is 2.88.